The molecule has 0 spiro atoms. The Labute approximate surface area is 171 Å². The van der Waals surface area contributed by atoms with Crippen LogP contribution in [0.2, 0.25) is 5.02 Å². The molecule has 7 nitrogen and oxygen atoms in total. The Kier molecular flexibility index (Phi) is 5.98. The maximum Gasteiger partial charge on any atom is 0.338 e. The van der Waals surface area contributed by atoms with Crippen molar-refractivity contribution in [1.29, 1.82) is 0 Å². The molecular formula is C21H19ClO7. The van der Waals surface area contributed by atoms with E-state index in [9.17, 15) is 14.7 Å². The Hall–Kier alpha value is -3.19. The summed E-state index contributed by atoms with van der Waals surface area (Å²) in [5, 5.41) is 10.8. The number of aromatic hydroxyl groups is 1. The number of esters is 1. The average molecular weight is 419 g/mol. The Bertz CT molecular complexity index is 1130. The van der Waals surface area contributed by atoms with E-state index in [4.69, 9.17) is 30.2 Å². The first-order valence-electron chi connectivity index (χ1n) is 8.75. The number of hydrogen-bond donors (Lipinski definition) is 1. The van der Waals surface area contributed by atoms with Gasteiger partial charge in [-0.1, -0.05) is 18.5 Å². The van der Waals surface area contributed by atoms with Gasteiger partial charge in [-0.05, 0) is 30.2 Å². The molecule has 2 aromatic carbocycles. The highest BCUT2D eigenvalue weighted by Gasteiger charge is 2.17. The Morgan fingerprint density at radius 1 is 1.10 bits per heavy atom. The van der Waals surface area contributed by atoms with Crippen LogP contribution in [0, 0.1) is 0 Å². The van der Waals surface area contributed by atoms with E-state index in [0.29, 0.717) is 34.4 Å². The van der Waals surface area contributed by atoms with Gasteiger partial charge in [-0.25, -0.2) is 9.59 Å². The summed E-state index contributed by atoms with van der Waals surface area (Å²) in [5.74, 6) is -0.00824. The van der Waals surface area contributed by atoms with E-state index in [-0.39, 0.29) is 28.5 Å². The summed E-state index contributed by atoms with van der Waals surface area (Å²) in [6.45, 7) is 1.72. The SMILES string of the molecule is CCc1cc2c(COC(=O)c3cc(Cl)c(OC)c(OC)c3)cc(=O)oc2cc1O. The molecule has 3 rings (SSSR count). The maximum atomic E-state index is 12.5. The molecule has 0 aliphatic carbocycles. The minimum absolute atomic E-state index is 0.0391. The summed E-state index contributed by atoms with van der Waals surface area (Å²) in [6.07, 6.45) is 0.588. The number of phenolic OH excluding ortho intramolecular Hbond substituents is 1. The number of aryl methyl sites for hydroxylation is 1. The minimum Gasteiger partial charge on any atom is -0.508 e. The van der Waals surface area contributed by atoms with Crippen molar-refractivity contribution < 1.29 is 28.5 Å². The normalized spacial score (nSPS) is 10.8. The molecule has 0 saturated carbocycles. The fourth-order valence-electron chi connectivity index (χ4n) is 2.97. The molecule has 0 aliphatic heterocycles. The number of carbonyl (C=O) groups is 1. The third kappa shape index (κ3) is 4.14. The van der Waals surface area contributed by atoms with E-state index in [1.807, 2.05) is 6.92 Å². The molecule has 29 heavy (non-hydrogen) atoms. The lowest BCUT2D eigenvalue weighted by molar-refractivity contribution is 0.0473. The molecule has 1 heterocycles. The molecule has 0 fully saturated rings. The van der Waals surface area contributed by atoms with Gasteiger partial charge in [0.05, 0.1) is 24.8 Å². The lowest BCUT2D eigenvalue weighted by Crippen LogP contribution is -2.09. The van der Waals surface area contributed by atoms with Crippen molar-refractivity contribution in [2.75, 3.05) is 14.2 Å². The topological polar surface area (TPSA) is 95.2 Å². The zero-order valence-corrected chi connectivity index (χ0v) is 16.8. The van der Waals surface area contributed by atoms with Crippen LogP contribution in [0.5, 0.6) is 17.2 Å². The van der Waals surface area contributed by atoms with Crippen molar-refractivity contribution in [3.8, 4) is 17.2 Å². The van der Waals surface area contributed by atoms with Gasteiger partial charge >= 0.3 is 11.6 Å². The Balaban J connectivity index is 1.92. The van der Waals surface area contributed by atoms with E-state index in [2.05, 4.69) is 0 Å². The van der Waals surface area contributed by atoms with Gasteiger partial charge in [0.1, 0.15) is 17.9 Å². The number of ether oxygens (including phenoxy) is 3. The van der Waals surface area contributed by atoms with Crippen LogP contribution >= 0.6 is 11.6 Å². The van der Waals surface area contributed by atoms with Gasteiger partial charge < -0.3 is 23.7 Å². The van der Waals surface area contributed by atoms with E-state index in [1.54, 1.807) is 6.07 Å². The van der Waals surface area contributed by atoms with Crippen LogP contribution in [-0.4, -0.2) is 25.3 Å². The van der Waals surface area contributed by atoms with Crippen molar-refractivity contribution >= 4 is 28.5 Å². The molecule has 0 saturated heterocycles. The first-order valence-corrected chi connectivity index (χ1v) is 9.13. The summed E-state index contributed by atoms with van der Waals surface area (Å²) in [5.41, 5.74) is 0.928. The van der Waals surface area contributed by atoms with E-state index in [0.717, 1.165) is 0 Å². The van der Waals surface area contributed by atoms with Crippen molar-refractivity contribution in [1.82, 2.24) is 0 Å². The molecule has 0 atom stereocenters. The lowest BCUT2D eigenvalue weighted by atomic mass is 10.0. The molecule has 1 N–H and O–H groups in total. The molecular weight excluding hydrogens is 400 g/mol. The van der Waals surface area contributed by atoms with Crippen LogP contribution < -0.4 is 15.1 Å². The third-order valence-corrected chi connectivity index (χ3v) is 4.72. The standard InChI is InChI=1S/C21H19ClO7/c1-4-11-5-14-13(8-19(24)29-17(14)9-16(11)23)10-28-21(25)12-6-15(22)20(27-3)18(7-12)26-2/h5-9,23H,4,10H2,1-3H3. The number of hydrogen-bond acceptors (Lipinski definition) is 7. The highest BCUT2D eigenvalue weighted by Crippen LogP contribution is 2.36. The molecule has 0 unspecified atom stereocenters. The smallest absolute Gasteiger partial charge is 0.338 e. The van der Waals surface area contributed by atoms with Crippen LogP contribution in [0.15, 0.2) is 39.5 Å². The number of benzene rings is 2. The second-order valence-corrected chi connectivity index (χ2v) is 6.60. The summed E-state index contributed by atoms with van der Waals surface area (Å²) in [7, 11) is 2.87. The second-order valence-electron chi connectivity index (χ2n) is 6.19. The van der Waals surface area contributed by atoms with Crippen LogP contribution in [-0.2, 0) is 17.8 Å². The number of rotatable bonds is 6. The number of phenols is 1. The van der Waals surface area contributed by atoms with Gasteiger partial charge in [0.15, 0.2) is 11.5 Å². The van der Waals surface area contributed by atoms with Crippen molar-refractivity contribution in [3.63, 3.8) is 0 Å². The summed E-state index contributed by atoms with van der Waals surface area (Å²) < 4.78 is 20.8. The van der Waals surface area contributed by atoms with Gasteiger partial charge in [-0.2, -0.15) is 0 Å². The fourth-order valence-corrected chi connectivity index (χ4v) is 3.26. The van der Waals surface area contributed by atoms with Crippen LogP contribution in [0.25, 0.3) is 11.0 Å². The van der Waals surface area contributed by atoms with E-state index >= 15 is 0 Å². The maximum absolute atomic E-state index is 12.5. The highest BCUT2D eigenvalue weighted by molar-refractivity contribution is 6.32. The van der Waals surface area contributed by atoms with Crippen LogP contribution in [0.4, 0.5) is 0 Å². The van der Waals surface area contributed by atoms with E-state index in [1.165, 1.54) is 38.5 Å². The number of carbonyl (C=O) groups excluding carboxylic acids is 1. The van der Waals surface area contributed by atoms with Gasteiger partial charge in [0.25, 0.3) is 0 Å². The zero-order valence-electron chi connectivity index (χ0n) is 16.1. The number of methoxy groups -OCH3 is 2. The minimum atomic E-state index is -0.649. The molecule has 0 amide bonds. The van der Waals surface area contributed by atoms with Gasteiger partial charge in [0.2, 0.25) is 0 Å². The molecule has 8 heteroatoms. The van der Waals surface area contributed by atoms with Crippen molar-refractivity contribution in [3.05, 3.63) is 62.5 Å². The van der Waals surface area contributed by atoms with Gasteiger partial charge in [-0.15, -0.1) is 0 Å². The molecule has 0 aliphatic rings. The molecule has 152 valence electrons. The Morgan fingerprint density at radius 2 is 1.86 bits per heavy atom. The Morgan fingerprint density at radius 3 is 2.52 bits per heavy atom. The summed E-state index contributed by atoms with van der Waals surface area (Å²) in [4.78, 5) is 24.4. The average Bonchev–Trinajstić information content (AvgIpc) is 2.70. The molecule has 3 aromatic rings. The second kappa shape index (κ2) is 8.45. The fraction of sp³-hybridized carbons (Fsp3) is 0.238. The summed E-state index contributed by atoms with van der Waals surface area (Å²) in [6, 6.07) is 7.22. The van der Waals surface area contributed by atoms with Gasteiger partial charge in [-0.3, -0.25) is 0 Å². The molecule has 0 radical (unpaired) electrons. The lowest BCUT2D eigenvalue weighted by Gasteiger charge is -2.12. The first-order chi connectivity index (χ1) is 13.9. The largest absolute Gasteiger partial charge is 0.508 e. The molecule has 0 bridgehead atoms. The van der Waals surface area contributed by atoms with Crippen LogP contribution in [0.1, 0.15) is 28.4 Å². The third-order valence-electron chi connectivity index (χ3n) is 4.44. The number of fused-ring (bicyclic) bond motifs is 1. The highest BCUT2D eigenvalue weighted by atomic mass is 35.5. The monoisotopic (exact) mass is 418 g/mol. The van der Waals surface area contributed by atoms with Crippen LogP contribution in [0.3, 0.4) is 0 Å². The van der Waals surface area contributed by atoms with Crippen molar-refractivity contribution in [2.45, 2.75) is 20.0 Å². The predicted octanol–water partition coefficient (Wildman–Crippen LogP) is 4.09. The number of halogens is 1. The van der Waals surface area contributed by atoms with Gasteiger partial charge in [0, 0.05) is 23.1 Å². The summed E-state index contributed by atoms with van der Waals surface area (Å²) >= 11 is 6.13. The molecule has 1 aromatic heterocycles. The van der Waals surface area contributed by atoms with Crippen molar-refractivity contribution in [2.24, 2.45) is 0 Å². The predicted molar refractivity (Wildman–Crippen MR) is 107 cm³/mol. The quantitative estimate of drug-likeness (QED) is 0.475. The zero-order chi connectivity index (χ0) is 21.1. The first kappa shape index (κ1) is 20.5. The van der Waals surface area contributed by atoms with E-state index < -0.39 is 11.6 Å².